The highest BCUT2D eigenvalue weighted by atomic mass is 16.6. The van der Waals surface area contributed by atoms with Crippen LogP contribution in [0.5, 0.6) is 0 Å². The lowest BCUT2D eigenvalue weighted by atomic mass is 10.2. The van der Waals surface area contributed by atoms with Crippen molar-refractivity contribution in [1.29, 1.82) is 0 Å². The molecule has 4 nitrogen and oxygen atoms in total. The lowest BCUT2D eigenvalue weighted by Gasteiger charge is -2.19. The van der Waals surface area contributed by atoms with Gasteiger partial charge in [0, 0.05) is 11.1 Å². The predicted octanol–water partition coefficient (Wildman–Crippen LogP) is 2.94. The van der Waals surface area contributed by atoms with E-state index < -0.39 is 11.6 Å². The van der Waals surface area contributed by atoms with Crippen LogP contribution in [0.3, 0.4) is 0 Å². The van der Waals surface area contributed by atoms with Gasteiger partial charge in [0.15, 0.2) is 0 Å². The summed E-state index contributed by atoms with van der Waals surface area (Å²) < 4.78 is 4.96. The summed E-state index contributed by atoms with van der Waals surface area (Å²) in [4.78, 5) is 20.7. The summed E-state index contributed by atoms with van der Waals surface area (Å²) in [5.74, 6) is -1.23. The van der Waals surface area contributed by atoms with Gasteiger partial charge in [-0.1, -0.05) is 20.1 Å². The Balaban J connectivity index is 0. The van der Waals surface area contributed by atoms with Crippen molar-refractivity contribution in [3.05, 3.63) is 24.3 Å². The van der Waals surface area contributed by atoms with Crippen molar-refractivity contribution in [3.8, 4) is 0 Å². The summed E-state index contributed by atoms with van der Waals surface area (Å²) >= 11 is 0. The Labute approximate surface area is 103 Å². The molecule has 0 atom stereocenters. The van der Waals surface area contributed by atoms with Crippen LogP contribution in [0.25, 0.3) is 0 Å². The monoisotopic (exact) mass is 242 g/mol. The van der Waals surface area contributed by atoms with E-state index in [4.69, 9.17) is 9.84 Å². The molecule has 0 spiro atoms. The van der Waals surface area contributed by atoms with Crippen LogP contribution in [0.15, 0.2) is 24.3 Å². The number of aliphatic carboxylic acids is 1. The summed E-state index contributed by atoms with van der Waals surface area (Å²) in [6.45, 7) is 15.6. The SMILES string of the molecule is C=C(C)C(=O)OC(C)(C)C.C=C(CC)C(=O)O. The van der Waals surface area contributed by atoms with E-state index in [1.807, 2.05) is 20.8 Å². The lowest BCUT2D eigenvalue weighted by Crippen LogP contribution is -2.23. The van der Waals surface area contributed by atoms with Gasteiger partial charge in [0.05, 0.1) is 0 Å². The molecule has 0 aromatic heterocycles. The summed E-state index contributed by atoms with van der Waals surface area (Å²) in [6, 6.07) is 0. The van der Waals surface area contributed by atoms with Gasteiger partial charge in [-0.15, -0.1) is 0 Å². The molecule has 0 unspecified atom stereocenters. The van der Waals surface area contributed by atoms with Crippen molar-refractivity contribution in [2.45, 2.75) is 46.6 Å². The molecule has 0 aliphatic rings. The summed E-state index contributed by atoms with van der Waals surface area (Å²) in [7, 11) is 0. The van der Waals surface area contributed by atoms with Gasteiger partial charge in [-0.25, -0.2) is 9.59 Å². The molecule has 0 bridgehead atoms. The second-order valence-electron chi connectivity index (χ2n) is 4.54. The fourth-order valence-electron chi connectivity index (χ4n) is 0.516. The quantitative estimate of drug-likeness (QED) is 0.610. The van der Waals surface area contributed by atoms with Crippen molar-refractivity contribution in [1.82, 2.24) is 0 Å². The van der Waals surface area contributed by atoms with E-state index in [1.54, 1.807) is 13.8 Å². The number of hydrogen-bond acceptors (Lipinski definition) is 3. The maximum atomic E-state index is 10.8. The molecular formula is C13H22O4. The van der Waals surface area contributed by atoms with E-state index in [-0.39, 0.29) is 11.5 Å². The molecule has 0 amide bonds. The highest BCUT2D eigenvalue weighted by Crippen LogP contribution is 2.09. The Hall–Kier alpha value is -1.58. The van der Waals surface area contributed by atoms with Crippen LogP contribution in [0.2, 0.25) is 0 Å². The molecule has 0 aromatic carbocycles. The second-order valence-corrected chi connectivity index (χ2v) is 4.54. The van der Waals surface area contributed by atoms with Crippen LogP contribution in [0.1, 0.15) is 41.0 Å². The molecule has 0 radical (unpaired) electrons. The topological polar surface area (TPSA) is 63.6 Å². The molecular weight excluding hydrogens is 220 g/mol. The van der Waals surface area contributed by atoms with Crippen LogP contribution in [0.4, 0.5) is 0 Å². The van der Waals surface area contributed by atoms with E-state index in [0.717, 1.165) is 0 Å². The van der Waals surface area contributed by atoms with Gasteiger partial charge < -0.3 is 9.84 Å². The summed E-state index contributed by atoms with van der Waals surface area (Å²) in [6.07, 6.45) is 0.523. The molecule has 0 heterocycles. The number of esters is 1. The number of rotatable bonds is 3. The highest BCUT2D eigenvalue weighted by Gasteiger charge is 2.15. The van der Waals surface area contributed by atoms with Gasteiger partial charge in [-0.05, 0) is 34.1 Å². The maximum absolute atomic E-state index is 10.8. The average Bonchev–Trinajstić information content (AvgIpc) is 2.14. The fraction of sp³-hybridized carbons (Fsp3) is 0.538. The molecule has 0 aliphatic carbocycles. The Kier molecular flexibility index (Phi) is 8.02. The molecule has 0 rings (SSSR count). The third kappa shape index (κ3) is 12.4. The number of carboxylic acids is 1. The largest absolute Gasteiger partial charge is 0.478 e. The first-order valence-corrected chi connectivity index (χ1v) is 5.31. The van der Waals surface area contributed by atoms with Crippen molar-refractivity contribution >= 4 is 11.9 Å². The summed E-state index contributed by atoms with van der Waals surface area (Å²) in [5.41, 5.74) is 0.297. The summed E-state index contributed by atoms with van der Waals surface area (Å²) in [5, 5.41) is 8.08. The normalized spacial score (nSPS) is 9.71. The number of carboxylic acid groups (broad SMARTS) is 1. The van der Waals surface area contributed by atoms with E-state index in [0.29, 0.717) is 12.0 Å². The number of carbonyl (C=O) groups is 2. The number of hydrogen-bond donors (Lipinski definition) is 1. The minimum atomic E-state index is -0.900. The minimum absolute atomic E-state index is 0.264. The van der Waals surface area contributed by atoms with Crippen LogP contribution in [0, 0.1) is 0 Å². The Morgan fingerprint density at radius 2 is 1.65 bits per heavy atom. The maximum Gasteiger partial charge on any atom is 0.333 e. The van der Waals surface area contributed by atoms with Crippen LogP contribution in [-0.4, -0.2) is 22.6 Å². The van der Waals surface area contributed by atoms with Crippen LogP contribution >= 0.6 is 0 Å². The van der Waals surface area contributed by atoms with Gasteiger partial charge in [-0.3, -0.25) is 0 Å². The van der Waals surface area contributed by atoms with E-state index in [9.17, 15) is 9.59 Å². The zero-order valence-corrected chi connectivity index (χ0v) is 11.3. The molecule has 17 heavy (non-hydrogen) atoms. The first-order chi connectivity index (χ1) is 7.51. The second kappa shape index (κ2) is 7.65. The van der Waals surface area contributed by atoms with Crippen LogP contribution < -0.4 is 0 Å². The number of ether oxygens (including phenoxy) is 1. The van der Waals surface area contributed by atoms with E-state index in [2.05, 4.69) is 13.2 Å². The predicted molar refractivity (Wildman–Crippen MR) is 67.7 cm³/mol. The molecule has 0 saturated heterocycles. The first kappa shape index (κ1) is 17.8. The van der Waals surface area contributed by atoms with Gasteiger partial charge >= 0.3 is 11.9 Å². The van der Waals surface area contributed by atoms with Gasteiger partial charge in [0.1, 0.15) is 5.60 Å². The molecule has 4 heteroatoms. The van der Waals surface area contributed by atoms with Gasteiger partial charge in [-0.2, -0.15) is 0 Å². The van der Waals surface area contributed by atoms with Crippen molar-refractivity contribution in [3.63, 3.8) is 0 Å². The zero-order chi connectivity index (χ0) is 14.2. The standard InChI is InChI=1S/C8H14O2.C5H8O2/c1-6(2)7(9)10-8(3,4)5;1-3-4(2)5(6)7/h1H2,2-5H3;2-3H2,1H3,(H,6,7). The lowest BCUT2D eigenvalue weighted by molar-refractivity contribution is -0.149. The first-order valence-electron chi connectivity index (χ1n) is 5.31. The smallest absolute Gasteiger partial charge is 0.333 e. The fourth-order valence-corrected chi connectivity index (χ4v) is 0.516. The number of carbonyl (C=O) groups excluding carboxylic acids is 1. The van der Waals surface area contributed by atoms with Crippen molar-refractivity contribution in [2.75, 3.05) is 0 Å². The van der Waals surface area contributed by atoms with E-state index in [1.165, 1.54) is 0 Å². The zero-order valence-electron chi connectivity index (χ0n) is 11.3. The third-order valence-electron chi connectivity index (χ3n) is 1.48. The molecule has 0 fully saturated rings. The van der Waals surface area contributed by atoms with Gasteiger partial charge in [0.2, 0.25) is 0 Å². The Bertz CT molecular complexity index is 308. The molecule has 1 N–H and O–H groups in total. The average molecular weight is 242 g/mol. The molecule has 0 aromatic rings. The molecule has 98 valence electrons. The Morgan fingerprint density at radius 1 is 1.24 bits per heavy atom. The van der Waals surface area contributed by atoms with Crippen LogP contribution in [-0.2, 0) is 14.3 Å². The minimum Gasteiger partial charge on any atom is -0.478 e. The van der Waals surface area contributed by atoms with E-state index >= 15 is 0 Å². The third-order valence-corrected chi connectivity index (χ3v) is 1.48. The molecule has 0 aliphatic heterocycles. The van der Waals surface area contributed by atoms with Crippen molar-refractivity contribution < 1.29 is 19.4 Å². The Morgan fingerprint density at radius 3 is 1.71 bits per heavy atom. The molecule has 0 saturated carbocycles. The van der Waals surface area contributed by atoms with Crippen molar-refractivity contribution in [2.24, 2.45) is 0 Å². The highest BCUT2D eigenvalue weighted by molar-refractivity contribution is 5.87. The van der Waals surface area contributed by atoms with Gasteiger partial charge in [0.25, 0.3) is 0 Å².